The van der Waals surface area contributed by atoms with Gasteiger partial charge in [0.1, 0.15) is 11.6 Å². The molecule has 0 aliphatic carbocycles. The van der Waals surface area contributed by atoms with Crippen molar-refractivity contribution in [3.63, 3.8) is 0 Å². The molecule has 0 atom stereocenters. The summed E-state index contributed by atoms with van der Waals surface area (Å²) in [6, 6.07) is 11.2. The van der Waals surface area contributed by atoms with Gasteiger partial charge >= 0.3 is 0 Å². The van der Waals surface area contributed by atoms with Crippen LogP contribution in [0, 0.1) is 11.6 Å². The Morgan fingerprint density at radius 2 is 1.91 bits per heavy atom. The van der Waals surface area contributed by atoms with E-state index in [-0.39, 0.29) is 0 Å². The van der Waals surface area contributed by atoms with Crippen LogP contribution in [-0.2, 0) is 6.54 Å². The average Bonchev–Trinajstić information content (AvgIpc) is 3.06. The van der Waals surface area contributed by atoms with E-state index in [9.17, 15) is 8.78 Å². The van der Waals surface area contributed by atoms with Crippen molar-refractivity contribution in [2.24, 2.45) is 0 Å². The second-order valence-corrected chi connectivity index (χ2v) is 5.35. The zero-order chi connectivity index (χ0) is 16.2. The molecule has 0 aliphatic heterocycles. The molecule has 0 spiro atoms. The lowest BCUT2D eigenvalue weighted by atomic mass is 10.0. The SMILES string of the molecule is C/C(=C/Cn1ccnc1)c1ccc(-c2ccc(F)cc2F)cc1. The first kappa shape index (κ1) is 15.2. The third kappa shape index (κ3) is 3.54. The summed E-state index contributed by atoms with van der Waals surface area (Å²) in [5.74, 6) is -1.12. The molecule has 0 unspecified atom stereocenters. The van der Waals surface area contributed by atoms with Crippen molar-refractivity contribution in [2.75, 3.05) is 0 Å². The zero-order valence-corrected chi connectivity index (χ0v) is 12.7. The molecule has 0 saturated heterocycles. The highest BCUT2D eigenvalue weighted by atomic mass is 19.1. The minimum atomic E-state index is -0.568. The molecule has 2 aromatic carbocycles. The Hall–Kier alpha value is -2.75. The van der Waals surface area contributed by atoms with Crippen LogP contribution in [0.25, 0.3) is 16.7 Å². The van der Waals surface area contributed by atoms with Gasteiger partial charge in [0.05, 0.1) is 6.33 Å². The van der Waals surface area contributed by atoms with E-state index in [2.05, 4.69) is 11.1 Å². The van der Waals surface area contributed by atoms with Gasteiger partial charge in [0.2, 0.25) is 0 Å². The van der Waals surface area contributed by atoms with Gasteiger partial charge in [-0.05, 0) is 35.8 Å². The molecule has 3 aromatic rings. The molecule has 1 heterocycles. The summed E-state index contributed by atoms with van der Waals surface area (Å²) in [5.41, 5.74) is 3.33. The number of allylic oxidation sites excluding steroid dienone is 2. The van der Waals surface area contributed by atoms with E-state index in [1.807, 2.05) is 42.0 Å². The zero-order valence-electron chi connectivity index (χ0n) is 12.7. The number of benzene rings is 2. The van der Waals surface area contributed by atoms with Crippen LogP contribution in [-0.4, -0.2) is 9.55 Å². The topological polar surface area (TPSA) is 17.8 Å². The Morgan fingerprint density at radius 3 is 2.57 bits per heavy atom. The number of hydrogen-bond acceptors (Lipinski definition) is 1. The van der Waals surface area contributed by atoms with Gasteiger partial charge in [-0.15, -0.1) is 0 Å². The van der Waals surface area contributed by atoms with Crippen LogP contribution >= 0.6 is 0 Å². The Bertz CT molecular complexity index is 819. The minimum Gasteiger partial charge on any atom is -0.334 e. The molecular weight excluding hydrogens is 294 g/mol. The van der Waals surface area contributed by atoms with Crippen molar-refractivity contribution in [1.29, 1.82) is 0 Å². The minimum absolute atomic E-state index is 0.401. The molecule has 1 aromatic heterocycles. The van der Waals surface area contributed by atoms with Gasteiger partial charge < -0.3 is 4.57 Å². The van der Waals surface area contributed by atoms with Crippen LogP contribution in [0.1, 0.15) is 12.5 Å². The Balaban J connectivity index is 1.80. The number of rotatable bonds is 4. The van der Waals surface area contributed by atoms with Crippen molar-refractivity contribution < 1.29 is 8.78 Å². The van der Waals surface area contributed by atoms with Crippen LogP contribution in [0.4, 0.5) is 8.78 Å². The molecular formula is C19H16F2N2. The number of nitrogens with zero attached hydrogens (tertiary/aromatic N) is 2. The third-order valence-electron chi connectivity index (χ3n) is 3.75. The molecule has 116 valence electrons. The van der Waals surface area contributed by atoms with Crippen molar-refractivity contribution in [1.82, 2.24) is 9.55 Å². The molecule has 2 nitrogen and oxygen atoms in total. The van der Waals surface area contributed by atoms with Crippen molar-refractivity contribution in [2.45, 2.75) is 13.5 Å². The van der Waals surface area contributed by atoms with E-state index in [1.54, 1.807) is 12.5 Å². The molecule has 0 N–H and O–H groups in total. The van der Waals surface area contributed by atoms with Gasteiger partial charge in [0, 0.05) is 30.6 Å². The van der Waals surface area contributed by atoms with E-state index in [0.717, 1.165) is 29.3 Å². The largest absolute Gasteiger partial charge is 0.334 e. The van der Waals surface area contributed by atoms with E-state index < -0.39 is 11.6 Å². The highest BCUT2D eigenvalue weighted by Gasteiger charge is 2.06. The standard InChI is InChI=1S/C19H16F2N2/c1-14(8-10-23-11-9-22-13-23)15-2-4-16(5-3-15)18-7-6-17(20)12-19(18)21/h2-9,11-13H,10H2,1H3/b14-8-. The van der Waals surface area contributed by atoms with Crippen LogP contribution in [0.3, 0.4) is 0 Å². The number of aromatic nitrogens is 2. The molecule has 0 amide bonds. The summed E-state index contributed by atoms with van der Waals surface area (Å²) in [7, 11) is 0. The predicted molar refractivity (Wildman–Crippen MR) is 87.7 cm³/mol. The highest BCUT2D eigenvalue weighted by molar-refractivity contribution is 5.69. The number of imidazole rings is 1. The molecule has 0 radical (unpaired) electrons. The number of halogens is 2. The van der Waals surface area contributed by atoms with Crippen LogP contribution in [0.15, 0.2) is 67.3 Å². The molecule has 3 rings (SSSR count). The van der Waals surface area contributed by atoms with Crippen LogP contribution < -0.4 is 0 Å². The Kier molecular flexibility index (Phi) is 4.33. The second-order valence-electron chi connectivity index (χ2n) is 5.35. The summed E-state index contributed by atoms with van der Waals surface area (Å²) in [6.45, 7) is 2.78. The average molecular weight is 310 g/mol. The third-order valence-corrected chi connectivity index (χ3v) is 3.75. The van der Waals surface area contributed by atoms with Gasteiger partial charge in [0.15, 0.2) is 0 Å². The molecule has 0 bridgehead atoms. The molecule has 23 heavy (non-hydrogen) atoms. The van der Waals surface area contributed by atoms with E-state index in [4.69, 9.17) is 0 Å². The molecule has 0 fully saturated rings. The van der Waals surface area contributed by atoms with Crippen molar-refractivity contribution >= 4 is 5.57 Å². The summed E-state index contributed by atoms with van der Waals surface area (Å²) in [4.78, 5) is 4.00. The maximum Gasteiger partial charge on any atom is 0.133 e. The Morgan fingerprint density at radius 1 is 1.13 bits per heavy atom. The smallest absolute Gasteiger partial charge is 0.133 e. The first-order valence-electron chi connectivity index (χ1n) is 7.32. The number of hydrogen-bond donors (Lipinski definition) is 0. The normalized spacial score (nSPS) is 11.7. The summed E-state index contributed by atoms with van der Waals surface area (Å²) >= 11 is 0. The van der Waals surface area contributed by atoms with Crippen molar-refractivity contribution in [3.8, 4) is 11.1 Å². The second kappa shape index (κ2) is 6.57. The maximum absolute atomic E-state index is 13.8. The lowest BCUT2D eigenvalue weighted by Gasteiger charge is -2.07. The fraction of sp³-hybridized carbons (Fsp3) is 0.105. The van der Waals surface area contributed by atoms with Crippen molar-refractivity contribution in [3.05, 3.63) is 84.5 Å². The molecule has 0 saturated carbocycles. The first-order chi connectivity index (χ1) is 11.1. The summed E-state index contributed by atoms with van der Waals surface area (Å²) in [6.07, 6.45) is 7.53. The quantitative estimate of drug-likeness (QED) is 0.668. The lowest BCUT2D eigenvalue weighted by molar-refractivity contribution is 0.585. The fourth-order valence-electron chi connectivity index (χ4n) is 2.39. The van der Waals surface area contributed by atoms with Gasteiger partial charge in [0.25, 0.3) is 0 Å². The predicted octanol–water partition coefficient (Wildman–Crippen LogP) is 4.93. The fourth-order valence-corrected chi connectivity index (χ4v) is 2.39. The van der Waals surface area contributed by atoms with E-state index in [1.165, 1.54) is 12.1 Å². The summed E-state index contributed by atoms with van der Waals surface area (Å²) in [5, 5.41) is 0. The molecule has 0 aliphatic rings. The van der Waals surface area contributed by atoms with Crippen LogP contribution in [0.5, 0.6) is 0 Å². The molecule has 4 heteroatoms. The summed E-state index contributed by atoms with van der Waals surface area (Å²) < 4.78 is 28.8. The first-order valence-corrected chi connectivity index (χ1v) is 7.32. The van der Waals surface area contributed by atoms with Gasteiger partial charge in [-0.1, -0.05) is 30.3 Å². The van der Waals surface area contributed by atoms with E-state index >= 15 is 0 Å². The highest BCUT2D eigenvalue weighted by Crippen LogP contribution is 2.25. The van der Waals surface area contributed by atoms with E-state index in [0.29, 0.717) is 5.56 Å². The van der Waals surface area contributed by atoms with Gasteiger partial charge in [-0.25, -0.2) is 13.8 Å². The van der Waals surface area contributed by atoms with Crippen LogP contribution in [0.2, 0.25) is 0 Å². The van der Waals surface area contributed by atoms with Gasteiger partial charge in [-0.3, -0.25) is 0 Å². The van der Waals surface area contributed by atoms with Gasteiger partial charge in [-0.2, -0.15) is 0 Å². The Labute approximate surface area is 133 Å². The monoisotopic (exact) mass is 310 g/mol. The lowest BCUT2D eigenvalue weighted by Crippen LogP contribution is -1.91. The maximum atomic E-state index is 13.8.